The molecule has 12 heteroatoms. The molecule has 0 radical (unpaired) electrons. The lowest BCUT2D eigenvalue weighted by Crippen LogP contribution is -2.55. The molecule has 1 atom stereocenters. The van der Waals surface area contributed by atoms with E-state index >= 15 is 0 Å². The number of nitrogens with zero attached hydrogens (tertiary/aromatic N) is 3. The van der Waals surface area contributed by atoms with Crippen LogP contribution in [0, 0.1) is 5.92 Å². The Morgan fingerprint density at radius 1 is 1.24 bits per heavy atom. The van der Waals surface area contributed by atoms with Crippen LogP contribution in [0.4, 0.5) is 19.0 Å². The van der Waals surface area contributed by atoms with Gasteiger partial charge in [-0.25, -0.2) is 4.98 Å². The molecule has 2 amide bonds. The van der Waals surface area contributed by atoms with Gasteiger partial charge in [0.2, 0.25) is 0 Å². The topological polar surface area (TPSA) is 109 Å². The fourth-order valence-corrected chi connectivity index (χ4v) is 4.73. The number of pyridine rings is 1. The van der Waals surface area contributed by atoms with Gasteiger partial charge in [-0.05, 0) is 55.9 Å². The van der Waals surface area contributed by atoms with Gasteiger partial charge in [0.1, 0.15) is 16.7 Å². The number of likely N-dealkylation sites (N-methyl/N-ethyl adjacent to an activating group) is 1. The number of hydrogen-bond acceptors (Lipinski definition) is 6. The van der Waals surface area contributed by atoms with Gasteiger partial charge in [0.25, 0.3) is 17.4 Å². The molecule has 0 bridgehead atoms. The van der Waals surface area contributed by atoms with Crippen LogP contribution in [0.3, 0.4) is 0 Å². The normalized spacial score (nSPS) is 16.2. The first-order valence-electron chi connectivity index (χ1n) is 11.8. The number of primary amides is 1. The van der Waals surface area contributed by atoms with Crippen molar-refractivity contribution in [3.05, 3.63) is 52.7 Å². The number of carbonyl (C=O) groups is 2. The van der Waals surface area contributed by atoms with E-state index in [1.807, 2.05) is 4.90 Å². The van der Waals surface area contributed by atoms with Gasteiger partial charge in [-0.3, -0.25) is 9.59 Å². The summed E-state index contributed by atoms with van der Waals surface area (Å²) in [6.45, 7) is 1.46. The zero-order chi connectivity index (χ0) is 27.4. The van der Waals surface area contributed by atoms with Crippen LogP contribution in [0.1, 0.15) is 41.6 Å². The minimum atomic E-state index is -5.22. The van der Waals surface area contributed by atoms with Crippen LogP contribution in [-0.4, -0.2) is 66.8 Å². The van der Waals surface area contributed by atoms with Crippen molar-refractivity contribution in [3.8, 4) is 5.75 Å². The molecule has 1 aromatic heterocycles. The van der Waals surface area contributed by atoms with Crippen molar-refractivity contribution in [2.24, 2.45) is 11.7 Å². The van der Waals surface area contributed by atoms with Gasteiger partial charge in [-0.1, -0.05) is 23.7 Å². The molecule has 3 N–H and O–H groups in total. The first-order valence-corrected chi connectivity index (χ1v) is 12.2. The van der Waals surface area contributed by atoms with Crippen LogP contribution in [-0.2, 0) is 10.4 Å². The number of ether oxygens (including phenoxy) is 1. The summed E-state index contributed by atoms with van der Waals surface area (Å²) in [4.78, 5) is 31.4. The van der Waals surface area contributed by atoms with Crippen LogP contribution in [0.5, 0.6) is 5.75 Å². The van der Waals surface area contributed by atoms with Gasteiger partial charge in [0.05, 0.1) is 12.7 Å². The third kappa shape index (κ3) is 6.27. The van der Waals surface area contributed by atoms with Crippen LogP contribution in [0.2, 0.25) is 5.15 Å². The van der Waals surface area contributed by atoms with E-state index in [2.05, 4.69) is 4.98 Å². The molecule has 8 nitrogen and oxygen atoms in total. The average molecular weight is 543 g/mol. The predicted molar refractivity (Wildman–Crippen MR) is 133 cm³/mol. The van der Waals surface area contributed by atoms with Gasteiger partial charge in [0, 0.05) is 32.2 Å². The zero-order valence-electron chi connectivity index (χ0n) is 20.6. The van der Waals surface area contributed by atoms with Gasteiger partial charge in [0.15, 0.2) is 0 Å². The molecule has 0 spiro atoms. The van der Waals surface area contributed by atoms with E-state index in [0.717, 1.165) is 29.9 Å². The van der Waals surface area contributed by atoms with E-state index < -0.39 is 29.2 Å². The lowest BCUT2D eigenvalue weighted by atomic mass is 9.90. The number of anilines is 1. The average Bonchev–Trinajstić information content (AvgIpc) is 2.87. The first kappa shape index (κ1) is 28.5. The molecule has 37 heavy (non-hydrogen) atoms. The van der Waals surface area contributed by atoms with E-state index in [0.29, 0.717) is 37.7 Å². The van der Waals surface area contributed by atoms with E-state index in [1.165, 1.54) is 26.3 Å². The number of piperidine rings is 1. The summed E-state index contributed by atoms with van der Waals surface area (Å²) in [6, 6.07) is 8.02. The smallest absolute Gasteiger partial charge is 0.430 e. The Morgan fingerprint density at radius 2 is 1.92 bits per heavy atom. The number of carbonyl (C=O) groups excluding carboxylic acids is 2. The molecule has 1 aliphatic heterocycles. The molecule has 0 aliphatic carbocycles. The Morgan fingerprint density at radius 3 is 2.49 bits per heavy atom. The van der Waals surface area contributed by atoms with Crippen molar-refractivity contribution in [3.63, 3.8) is 0 Å². The SMILES string of the molecule is COc1cccc([C@@](O)(C(=O)N(C)CCCC2CCN(c3ccc(C(N)=O)c(Cl)n3)CC2)C(F)(F)F)c1. The third-order valence-corrected chi connectivity index (χ3v) is 6.99. The molecular formula is C25H30ClF3N4O4. The maximum atomic E-state index is 13.9. The number of methoxy groups -OCH3 is 1. The van der Waals surface area contributed by atoms with Crippen molar-refractivity contribution < 1.29 is 32.6 Å². The quantitative estimate of drug-likeness (QED) is 0.467. The highest BCUT2D eigenvalue weighted by Gasteiger charge is 2.61. The van der Waals surface area contributed by atoms with Gasteiger partial charge >= 0.3 is 6.18 Å². The van der Waals surface area contributed by atoms with Crippen LogP contribution in [0.25, 0.3) is 0 Å². The number of amides is 2. The van der Waals surface area contributed by atoms with E-state index in [4.69, 9.17) is 22.1 Å². The molecule has 1 saturated heterocycles. The van der Waals surface area contributed by atoms with Gasteiger partial charge in [-0.2, -0.15) is 13.2 Å². The Labute approximate surface area is 218 Å². The number of nitrogens with two attached hydrogens (primary N) is 1. The number of hydrogen-bond donors (Lipinski definition) is 2. The number of halogens is 4. The highest BCUT2D eigenvalue weighted by molar-refractivity contribution is 6.32. The molecule has 1 aliphatic rings. The van der Waals surface area contributed by atoms with E-state index in [9.17, 15) is 27.9 Å². The second-order valence-corrected chi connectivity index (χ2v) is 9.47. The minimum Gasteiger partial charge on any atom is -0.497 e. The number of alkyl halides is 3. The first-order chi connectivity index (χ1) is 17.4. The summed E-state index contributed by atoms with van der Waals surface area (Å²) < 4.78 is 46.8. The van der Waals surface area contributed by atoms with Crippen molar-refractivity contribution in [1.29, 1.82) is 0 Å². The molecule has 0 unspecified atom stereocenters. The Hall–Kier alpha value is -3.05. The fourth-order valence-electron chi connectivity index (χ4n) is 4.49. The lowest BCUT2D eigenvalue weighted by molar-refractivity contribution is -0.261. The fraction of sp³-hybridized carbons (Fsp3) is 0.480. The maximum absolute atomic E-state index is 13.9. The molecule has 2 aromatic rings. The summed E-state index contributed by atoms with van der Waals surface area (Å²) in [5.41, 5.74) is 1.14. The zero-order valence-corrected chi connectivity index (χ0v) is 21.3. The second kappa shape index (κ2) is 11.6. The number of benzene rings is 1. The Bertz CT molecular complexity index is 1130. The Kier molecular flexibility index (Phi) is 8.91. The molecule has 1 fully saturated rings. The predicted octanol–water partition coefficient (Wildman–Crippen LogP) is 3.75. The summed E-state index contributed by atoms with van der Waals surface area (Å²) in [5.74, 6) is -1.03. The minimum absolute atomic E-state index is 0.0487. The largest absolute Gasteiger partial charge is 0.497 e. The van der Waals surface area contributed by atoms with Crippen LogP contribution < -0.4 is 15.4 Å². The highest BCUT2D eigenvalue weighted by Crippen LogP contribution is 2.41. The highest BCUT2D eigenvalue weighted by atomic mass is 35.5. The standard InChI is InChI=1S/C25H30ClF3N4O4/c1-32(23(35)24(36,25(27,28)29)17-6-3-7-18(15-17)37-2)12-4-5-16-10-13-33(14-11-16)20-9-8-19(22(30)34)21(26)31-20/h3,6-9,15-16,36H,4-5,10-14H2,1-2H3,(H2,30,34)/t24-/m1/s1. The molecular weight excluding hydrogens is 513 g/mol. The van der Waals surface area contributed by atoms with Crippen molar-refractivity contribution >= 4 is 29.2 Å². The monoisotopic (exact) mass is 542 g/mol. The molecule has 1 aromatic carbocycles. The van der Waals surface area contributed by atoms with Crippen molar-refractivity contribution in [1.82, 2.24) is 9.88 Å². The molecule has 3 rings (SSSR count). The molecule has 0 saturated carbocycles. The van der Waals surface area contributed by atoms with Crippen molar-refractivity contribution in [2.75, 3.05) is 38.7 Å². The number of rotatable bonds is 9. The number of aliphatic hydroxyl groups is 1. The van der Waals surface area contributed by atoms with E-state index in [-0.39, 0.29) is 23.0 Å². The maximum Gasteiger partial charge on any atom is 0.430 e. The Balaban J connectivity index is 1.55. The summed E-state index contributed by atoms with van der Waals surface area (Å²) in [6.07, 6.45) is -2.38. The molecule has 2 heterocycles. The summed E-state index contributed by atoms with van der Waals surface area (Å²) in [7, 11) is 2.54. The van der Waals surface area contributed by atoms with Gasteiger partial charge < -0.3 is 25.4 Å². The van der Waals surface area contributed by atoms with E-state index in [1.54, 1.807) is 12.1 Å². The van der Waals surface area contributed by atoms with Crippen LogP contribution >= 0.6 is 11.6 Å². The second-order valence-electron chi connectivity index (χ2n) is 9.11. The summed E-state index contributed by atoms with van der Waals surface area (Å²) in [5, 5.41) is 10.7. The number of aromatic nitrogens is 1. The third-order valence-electron chi connectivity index (χ3n) is 6.70. The van der Waals surface area contributed by atoms with Gasteiger partial charge in [-0.15, -0.1) is 0 Å². The lowest BCUT2D eigenvalue weighted by Gasteiger charge is -2.34. The van der Waals surface area contributed by atoms with Crippen molar-refractivity contribution in [2.45, 2.75) is 37.5 Å². The van der Waals surface area contributed by atoms with Crippen LogP contribution in [0.15, 0.2) is 36.4 Å². The summed E-state index contributed by atoms with van der Waals surface area (Å²) >= 11 is 6.05. The molecule has 202 valence electrons.